The standard InChI is InChI=1S/C20H19F3N2O2/c1-12-7-8-14(11-13(12)2)25-10-9-17(19(25)27)24-18(26)15-5-3-4-6-16(15)20(21,22)23/h3-8,11,17H,9-10H2,1-2H3,(H,24,26). The van der Waals surface area contributed by atoms with E-state index in [9.17, 15) is 22.8 Å². The van der Waals surface area contributed by atoms with Gasteiger partial charge in [0.2, 0.25) is 5.91 Å². The van der Waals surface area contributed by atoms with Gasteiger partial charge >= 0.3 is 6.18 Å². The second-order valence-corrected chi connectivity index (χ2v) is 6.62. The zero-order valence-electron chi connectivity index (χ0n) is 14.9. The summed E-state index contributed by atoms with van der Waals surface area (Å²) in [6, 6.07) is 9.32. The average Bonchev–Trinajstić information content (AvgIpc) is 2.97. The minimum absolute atomic E-state index is 0.323. The first-order chi connectivity index (χ1) is 12.7. The fourth-order valence-electron chi connectivity index (χ4n) is 3.13. The SMILES string of the molecule is Cc1ccc(N2CCC(NC(=O)c3ccccc3C(F)(F)F)C2=O)cc1C. The number of benzene rings is 2. The number of aryl methyl sites for hydroxylation is 2. The summed E-state index contributed by atoms with van der Waals surface area (Å²) >= 11 is 0. The minimum Gasteiger partial charge on any atom is -0.340 e. The Labute approximate surface area is 155 Å². The molecule has 0 spiro atoms. The molecule has 2 aromatic carbocycles. The number of alkyl halides is 3. The second kappa shape index (κ2) is 7.06. The number of carbonyl (C=O) groups is 2. The van der Waals surface area contributed by atoms with Crippen LogP contribution in [0.5, 0.6) is 0 Å². The second-order valence-electron chi connectivity index (χ2n) is 6.62. The molecule has 1 fully saturated rings. The molecule has 142 valence electrons. The maximum atomic E-state index is 13.1. The maximum Gasteiger partial charge on any atom is 0.417 e. The molecule has 27 heavy (non-hydrogen) atoms. The fraction of sp³-hybridized carbons (Fsp3) is 0.300. The van der Waals surface area contributed by atoms with Gasteiger partial charge in [0.25, 0.3) is 5.91 Å². The first-order valence-electron chi connectivity index (χ1n) is 8.54. The van der Waals surface area contributed by atoms with Gasteiger partial charge in [-0.15, -0.1) is 0 Å². The Hall–Kier alpha value is -2.83. The Morgan fingerprint density at radius 1 is 1.11 bits per heavy atom. The lowest BCUT2D eigenvalue weighted by Crippen LogP contribution is -2.42. The molecule has 0 bridgehead atoms. The van der Waals surface area contributed by atoms with Gasteiger partial charge in [-0.2, -0.15) is 13.2 Å². The minimum atomic E-state index is -4.64. The lowest BCUT2D eigenvalue weighted by atomic mass is 10.1. The van der Waals surface area contributed by atoms with Crippen LogP contribution in [0.3, 0.4) is 0 Å². The zero-order valence-corrected chi connectivity index (χ0v) is 14.9. The van der Waals surface area contributed by atoms with E-state index in [1.165, 1.54) is 12.1 Å². The summed E-state index contributed by atoms with van der Waals surface area (Å²) in [6.45, 7) is 4.30. The van der Waals surface area contributed by atoms with Crippen molar-refractivity contribution in [3.63, 3.8) is 0 Å². The molecular weight excluding hydrogens is 357 g/mol. The molecule has 2 aromatic rings. The molecule has 3 rings (SSSR count). The van der Waals surface area contributed by atoms with Crippen LogP contribution < -0.4 is 10.2 Å². The predicted octanol–water partition coefficient (Wildman–Crippen LogP) is 3.86. The van der Waals surface area contributed by atoms with Crippen LogP contribution in [0.25, 0.3) is 0 Å². The van der Waals surface area contributed by atoms with Crippen LogP contribution in [0.15, 0.2) is 42.5 Å². The number of anilines is 1. The molecule has 1 heterocycles. The molecule has 0 aromatic heterocycles. The largest absolute Gasteiger partial charge is 0.417 e. The molecule has 7 heteroatoms. The van der Waals surface area contributed by atoms with Gasteiger partial charge < -0.3 is 10.2 Å². The summed E-state index contributed by atoms with van der Waals surface area (Å²) in [4.78, 5) is 26.6. The smallest absolute Gasteiger partial charge is 0.340 e. The van der Waals surface area contributed by atoms with Crippen molar-refractivity contribution in [1.82, 2.24) is 5.32 Å². The normalized spacial score (nSPS) is 17.3. The van der Waals surface area contributed by atoms with Crippen molar-refractivity contribution in [1.29, 1.82) is 0 Å². The van der Waals surface area contributed by atoms with Crippen molar-refractivity contribution < 1.29 is 22.8 Å². The number of amides is 2. The number of rotatable bonds is 3. The average molecular weight is 376 g/mol. The molecule has 1 aliphatic heterocycles. The highest BCUT2D eigenvalue weighted by atomic mass is 19.4. The Morgan fingerprint density at radius 2 is 1.81 bits per heavy atom. The highest BCUT2D eigenvalue weighted by molar-refractivity contribution is 6.04. The van der Waals surface area contributed by atoms with Crippen LogP contribution in [-0.2, 0) is 11.0 Å². The van der Waals surface area contributed by atoms with Crippen molar-refractivity contribution in [3.8, 4) is 0 Å². The highest BCUT2D eigenvalue weighted by Gasteiger charge is 2.37. The summed E-state index contributed by atoms with van der Waals surface area (Å²) in [6.07, 6.45) is -4.30. The monoisotopic (exact) mass is 376 g/mol. The molecule has 0 aliphatic carbocycles. The van der Waals surface area contributed by atoms with Gasteiger partial charge in [-0.1, -0.05) is 18.2 Å². The van der Waals surface area contributed by atoms with Crippen LogP contribution in [0.4, 0.5) is 18.9 Å². The van der Waals surface area contributed by atoms with Crippen molar-refractivity contribution in [2.45, 2.75) is 32.5 Å². The van der Waals surface area contributed by atoms with E-state index < -0.39 is 29.3 Å². The van der Waals surface area contributed by atoms with Crippen molar-refractivity contribution >= 4 is 17.5 Å². The molecule has 4 nitrogen and oxygen atoms in total. The summed E-state index contributed by atoms with van der Waals surface area (Å²) < 4.78 is 39.3. The van der Waals surface area contributed by atoms with E-state index in [1.807, 2.05) is 32.0 Å². The van der Waals surface area contributed by atoms with Gasteiger partial charge in [0.1, 0.15) is 6.04 Å². The third-order valence-electron chi connectivity index (χ3n) is 4.79. The van der Waals surface area contributed by atoms with E-state index >= 15 is 0 Å². The number of hydrogen-bond donors (Lipinski definition) is 1. The van der Waals surface area contributed by atoms with E-state index in [2.05, 4.69) is 5.32 Å². The van der Waals surface area contributed by atoms with Gasteiger partial charge in [-0.3, -0.25) is 9.59 Å². The molecule has 1 N–H and O–H groups in total. The van der Waals surface area contributed by atoms with Gasteiger partial charge in [0, 0.05) is 12.2 Å². The van der Waals surface area contributed by atoms with E-state index in [4.69, 9.17) is 0 Å². The van der Waals surface area contributed by atoms with E-state index in [0.29, 0.717) is 13.0 Å². The number of nitrogens with zero attached hydrogens (tertiary/aromatic N) is 1. The van der Waals surface area contributed by atoms with Crippen LogP contribution in [0.2, 0.25) is 0 Å². The van der Waals surface area contributed by atoms with Crippen LogP contribution >= 0.6 is 0 Å². The first kappa shape index (κ1) is 18.9. The Morgan fingerprint density at radius 3 is 2.48 bits per heavy atom. The summed E-state index contributed by atoms with van der Waals surface area (Å²) in [5.74, 6) is -1.22. The first-order valence-corrected chi connectivity index (χ1v) is 8.54. The van der Waals surface area contributed by atoms with E-state index in [1.54, 1.807) is 4.90 Å². The Bertz CT molecular complexity index is 893. The third-order valence-corrected chi connectivity index (χ3v) is 4.79. The van der Waals surface area contributed by atoms with Crippen LogP contribution in [0, 0.1) is 13.8 Å². The van der Waals surface area contributed by atoms with Crippen molar-refractivity contribution in [2.24, 2.45) is 0 Å². The Balaban J connectivity index is 1.77. The van der Waals surface area contributed by atoms with Crippen LogP contribution in [0.1, 0.15) is 33.5 Å². The maximum absolute atomic E-state index is 13.1. The molecule has 0 saturated carbocycles. The van der Waals surface area contributed by atoms with Gasteiger partial charge in [-0.25, -0.2) is 0 Å². The molecule has 1 unspecified atom stereocenters. The number of nitrogens with one attached hydrogen (secondary N) is 1. The van der Waals surface area contributed by atoms with Gasteiger partial charge in [-0.05, 0) is 55.7 Å². The quantitative estimate of drug-likeness (QED) is 0.884. The summed E-state index contributed by atoms with van der Waals surface area (Å²) in [5.41, 5.74) is 1.35. The molecule has 1 saturated heterocycles. The molecule has 0 radical (unpaired) electrons. The van der Waals surface area contributed by atoms with E-state index in [-0.39, 0.29) is 5.91 Å². The molecule has 2 amide bonds. The number of halogens is 3. The van der Waals surface area contributed by atoms with Gasteiger partial charge in [0.15, 0.2) is 0 Å². The fourth-order valence-corrected chi connectivity index (χ4v) is 3.13. The van der Waals surface area contributed by atoms with E-state index in [0.717, 1.165) is 28.9 Å². The summed E-state index contributed by atoms with van der Waals surface area (Å²) in [5, 5.41) is 2.45. The molecule has 1 atom stereocenters. The number of hydrogen-bond acceptors (Lipinski definition) is 2. The summed E-state index contributed by atoms with van der Waals surface area (Å²) in [7, 11) is 0. The van der Waals surface area contributed by atoms with Gasteiger partial charge in [0.05, 0.1) is 11.1 Å². The molecular formula is C20H19F3N2O2. The zero-order chi connectivity index (χ0) is 19.8. The lowest BCUT2D eigenvalue weighted by Gasteiger charge is -2.19. The lowest BCUT2D eigenvalue weighted by molar-refractivity contribution is -0.137. The van der Waals surface area contributed by atoms with Crippen LogP contribution in [-0.4, -0.2) is 24.4 Å². The number of carbonyl (C=O) groups excluding carboxylic acids is 2. The third kappa shape index (κ3) is 3.82. The molecule has 1 aliphatic rings. The van der Waals surface area contributed by atoms with Crippen molar-refractivity contribution in [2.75, 3.05) is 11.4 Å². The van der Waals surface area contributed by atoms with Crippen molar-refractivity contribution in [3.05, 3.63) is 64.7 Å². The Kier molecular flexibility index (Phi) is 4.95. The topological polar surface area (TPSA) is 49.4 Å². The highest BCUT2D eigenvalue weighted by Crippen LogP contribution is 2.32. The predicted molar refractivity (Wildman–Crippen MR) is 95.6 cm³/mol.